The lowest BCUT2D eigenvalue weighted by atomic mass is 9.99. The van der Waals surface area contributed by atoms with Crippen LogP contribution in [0.3, 0.4) is 0 Å². The van der Waals surface area contributed by atoms with Crippen LogP contribution in [0.4, 0.5) is 0 Å². The molecule has 3 aromatic carbocycles. The summed E-state index contributed by atoms with van der Waals surface area (Å²) < 4.78 is 16.7. The third kappa shape index (κ3) is 8.53. The predicted octanol–water partition coefficient (Wildman–Crippen LogP) is 10.4. The fourth-order valence-corrected chi connectivity index (χ4v) is 7.09. The van der Waals surface area contributed by atoms with Gasteiger partial charge in [0.25, 0.3) is 0 Å². The molecule has 0 aliphatic heterocycles. The first-order chi connectivity index (χ1) is 25.7. The van der Waals surface area contributed by atoms with Crippen molar-refractivity contribution in [3.05, 3.63) is 120 Å². The minimum atomic E-state index is 0.104. The number of allylic oxidation sites excluding steroid dienone is 2. The van der Waals surface area contributed by atoms with E-state index in [-0.39, 0.29) is 12.2 Å². The molecule has 8 heteroatoms. The summed E-state index contributed by atoms with van der Waals surface area (Å²) in [6.45, 7) is 0. The molecule has 0 unspecified atom stereocenters. The van der Waals surface area contributed by atoms with E-state index in [9.17, 15) is 10.5 Å². The minimum Gasteiger partial charge on any atom is -0.473 e. The SMILES string of the molecule is N#C/C(=C\c1cn(-c2ccccc2)nc1OC1CCCCCC1)c1ccc(/C(C#N)=C/c2cn(-c3ccccc3)nc2OC2CCCCCC2)cc1. The van der Waals surface area contributed by atoms with Gasteiger partial charge in [-0.05, 0) is 98.9 Å². The van der Waals surface area contributed by atoms with Crippen LogP contribution in [-0.2, 0) is 0 Å². The molecule has 0 amide bonds. The van der Waals surface area contributed by atoms with Crippen molar-refractivity contribution in [1.82, 2.24) is 19.6 Å². The highest BCUT2D eigenvalue weighted by Crippen LogP contribution is 2.32. The van der Waals surface area contributed by atoms with Crippen LogP contribution in [0.1, 0.15) is 99.3 Å². The van der Waals surface area contributed by atoms with E-state index in [1.54, 1.807) is 0 Å². The summed E-state index contributed by atoms with van der Waals surface area (Å²) >= 11 is 0. The zero-order valence-electron chi connectivity index (χ0n) is 29.5. The Morgan fingerprint density at radius 2 is 0.904 bits per heavy atom. The van der Waals surface area contributed by atoms with Crippen molar-refractivity contribution in [1.29, 1.82) is 10.5 Å². The number of ether oxygens (including phenoxy) is 2. The first kappa shape index (κ1) is 34.6. The van der Waals surface area contributed by atoms with Crippen molar-refractivity contribution in [3.63, 3.8) is 0 Å². The highest BCUT2D eigenvalue weighted by molar-refractivity contribution is 5.93. The third-order valence-corrected chi connectivity index (χ3v) is 9.96. The molecule has 2 aromatic heterocycles. The lowest BCUT2D eigenvalue weighted by Crippen LogP contribution is -2.16. The summed E-state index contributed by atoms with van der Waals surface area (Å²) in [5.74, 6) is 1.07. The Bertz CT molecular complexity index is 1910. The number of benzene rings is 3. The Hall–Kier alpha value is -5.86. The number of rotatable bonds is 10. The van der Waals surface area contributed by atoms with Gasteiger partial charge in [0.2, 0.25) is 11.8 Å². The molecular weight excluding hydrogens is 645 g/mol. The summed E-state index contributed by atoms with van der Waals surface area (Å²) in [4.78, 5) is 0. The number of aromatic nitrogens is 4. The largest absolute Gasteiger partial charge is 0.473 e. The molecule has 2 fully saturated rings. The van der Waals surface area contributed by atoms with Gasteiger partial charge < -0.3 is 9.47 Å². The van der Waals surface area contributed by atoms with Gasteiger partial charge in [-0.2, -0.15) is 10.5 Å². The van der Waals surface area contributed by atoms with E-state index in [4.69, 9.17) is 19.7 Å². The van der Waals surface area contributed by atoms with Crippen LogP contribution in [0.15, 0.2) is 97.3 Å². The number of nitrogens with zero attached hydrogens (tertiary/aromatic N) is 6. The van der Waals surface area contributed by atoms with Crippen molar-refractivity contribution in [2.75, 3.05) is 0 Å². The monoisotopic (exact) mass is 688 g/mol. The molecule has 0 N–H and O–H groups in total. The molecule has 2 heterocycles. The molecule has 0 spiro atoms. The third-order valence-electron chi connectivity index (χ3n) is 9.96. The lowest BCUT2D eigenvalue weighted by molar-refractivity contribution is 0.175. The van der Waals surface area contributed by atoms with Crippen molar-refractivity contribution in [3.8, 4) is 35.3 Å². The minimum absolute atomic E-state index is 0.104. The zero-order valence-corrected chi connectivity index (χ0v) is 29.5. The summed E-state index contributed by atoms with van der Waals surface area (Å²) in [6.07, 6.45) is 21.3. The highest BCUT2D eigenvalue weighted by atomic mass is 16.5. The molecule has 0 radical (unpaired) electrons. The van der Waals surface area contributed by atoms with Crippen LogP contribution in [0.25, 0.3) is 34.7 Å². The molecule has 262 valence electrons. The molecule has 5 aromatic rings. The van der Waals surface area contributed by atoms with Gasteiger partial charge in [0, 0.05) is 12.4 Å². The first-order valence-corrected chi connectivity index (χ1v) is 18.6. The fraction of sp³-hybridized carbons (Fsp3) is 0.318. The Morgan fingerprint density at radius 1 is 0.538 bits per heavy atom. The van der Waals surface area contributed by atoms with E-state index >= 15 is 0 Å². The Labute approximate surface area is 306 Å². The van der Waals surface area contributed by atoms with Gasteiger partial charge in [-0.25, -0.2) is 9.36 Å². The topological polar surface area (TPSA) is 102 Å². The van der Waals surface area contributed by atoms with Crippen LogP contribution < -0.4 is 9.47 Å². The molecular formula is C44H44N6O2. The summed E-state index contributed by atoms with van der Waals surface area (Å²) in [6, 6.07) is 32.2. The van der Waals surface area contributed by atoms with Crippen molar-refractivity contribution in [2.24, 2.45) is 0 Å². The highest BCUT2D eigenvalue weighted by Gasteiger charge is 2.21. The van der Waals surface area contributed by atoms with Crippen LogP contribution in [0, 0.1) is 22.7 Å². The number of hydrogen-bond acceptors (Lipinski definition) is 6. The second kappa shape index (κ2) is 16.9. The molecule has 7 rings (SSSR count). The lowest BCUT2D eigenvalue weighted by Gasteiger charge is -2.15. The quantitative estimate of drug-likeness (QED) is 0.107. The Balaban J connectivity index is 1.18. The average molecular weight is 689 g/mol. The summed E-state index contributed by atoms with van der Waals surface area (Å²) in [5, 5.41) is 30.3. The molecule has 2 saturated carbocycles. The molecule has 0 atom stereocenters. The van der Waals surface area contributed by atoms with E-state index in [0.29, 0.717) is 22.9 Å². The number of para-hydroxylation sites is 2. The second-order valence-corrected chi connectivity index (χ2v) is 13.7. The Kier molecular flexibility index (Phi) is 11.2. The van der Waals surface area contributed by atoms with Gasteiger partial charge in [-0.15, -0.1) is 10.2 Å². The second-order valence-electron chi connectivity index (χ2n) is 13.7. The smallest absolute Gasteiger partial charge is 0.240 e. The maximum absolute atomic E-state index is 10.3. The number of nitriles is 2. The van der Waals surface area contributed by atoms with Crippen molar-refractivity contribution in [2.45, 2.75) is 89.3 Å². The maximum atomic E-state index is 10.3. The van der Waals surface area contributed by atoms with E-state index in [2.05, 4.69) is 12.1 Å². The van der Waals surface area contributed by atoms with Gasteiger partial charge in [0.1, 0.15) is 12.2 Å². The summed E-state index contributed by atoms with van der Waals surface area (Å²) in [5.41, 5.74) is 5.79. The molecule has 2 aliphatic carbocycles. The van der Waals surface area contributed by atoms with Gasteiger partial charge in [-0.1, -0.05) is 86.3 Å². The van der Waals surface area contributed by atoms with Crippen LogP contribution in [0.5, 0.6) is 11.8 Å². The summed E-state index contributed by atoms with van der Waals surface area (Å²) in [7, 11) is 0. The van der Waals surface area contributed by atoms with E-state index in [1.807, 2.05) is 119 Å². The zero-order chi connectivity index (χ0) is 35.5. The average Bonchev–Trinajstić information content (AvgIpc) is 3.53. The molecule has 0 bridgehead atoms. The van der Waals surface area contributed by atoms with E-state index in [1.165, 1.54) is 25.7 Å². The molecule has 52 heavy (non-hydrogen) atoms. The van der Waals surface area contributed by atoms with Crippen LogP contribution in [0.2, 0.25) is 0 Å². The molecule has 8 nitrogen and oxygen atoms in total. The standard InChI is InChI=1S/C44H44N6O2/c45-29-35(27-37-31-49(39-15-7-5-8-16-39)47-43(37)51-41-19-11-1-2-12-20-41)33-23-25-34(26-24-33)36(30-46)28-38-32-50(40-17-9-6-10-18-40)48-44(38)52-42-21-13-3-4-14-22-42/h5-10,15-18,23-28,31-32,41-42H,1-4,11-14,19-22H2/b35-27+,36-28+. The van der Waals surface area contributed by atoms with Crippen molar-refractivity contribution >= 4 is 23.3 Å². The van der Waals surface area contributed by atoms with Crippen molar-refractivity contribution < 1.29 is 9.47 Å². The van der Waals surface area contributed by atoms with E-state index in [0.717, 1.165) is 85.0 Å². The maximum Gasteiger partial charge on any atom is 0.240 e. The van der Waals surface area contributed by atoms with E-state index < -0.39 is 0 Å². The Morgan fingerprint density at radius 3 is 1.25 bits per heavy atom. The fourth-order valence-electron chi connectivity index (χ4n) is 7.09. The number of hydrogen-bond donors (Lipinski definition) is 0. The van der Waals surface area contributed by atoms with Gasteiger partial charge >= 0.3 is 0 Å². The van der Waals surface area contributed by atoms with Gasteiger partial charge in [0.05, 0.1) is 45.8 Å². The first-order valence-electron chi connectivity index (χ1n) is 18.6. The van der Waals surface area contributed by atoms with Crippen LogP contribution in [-0.4, -0.2) is 31.8 Å². The van der Waals surface area contributed by atoms with Crippen LogP contribution >= 0.6 is 0 Å². The molecule has 0 saturated heterocycles. The molecule has 2 aliphatic rings. The normalized spacial score (nSPS) is 16.3. The van der Waals surface area contributed by atoms with Gasteiger partial charge in [-0.3, -0.25) is 0 Å². The predicted molar refractivity (Wildman–Crippen MR) is 205 cm³/mol. The van der Waals surface area contributed by atoms with Gasteiger partial charge in [0.15, 0.2) is 0 Å².